The topological polar surface area (TPSA) is 12.0 Å². The number of anilines is 1. The molecular formula is C14H17BrF3N. The smallest absolute Gasteiger partial charge is 0.385 e. The Morgan fingerprint density at radius 2 is 1.95 bits per heavy atom. The summed E-state index contributed by atoms with van der Waals surface area (Å²) in [4.78, 5) is 0. The average Bonchev–Trinajstić information content (AvgIpc) is 2.34. The predicted molar refractivity (Wildman–Crippen MR) is 76.3 cm³/mol. The van der Waals surface area contributed by atoms with Crippen molar-refractivity contribution in [1.29, 1.82) is 0 Å². The normalized spacial score (nSPS) is 11.4. The summed E-state index contributed by atoms with van der Waals surface area (Å²) in [6.07, 6.45) is 1.32. The fourth-order valence-electron chi connectivity index (χ4n) is 1.72. The first kappa shape index (κ1) is 16.1. The van der Waals surface area contributed by atoms with E-state index >= 15 is 0 Å². The van der Waals surface area contributed by atoms with Crippen LogP contribution in [0.15, 0.2) is 35.3 Å². The van der Waals surface area contributed by atoms with E-state index in [0.29, 0.717) is 11.0 Å². The number of hydrogen-bond donors (Lipinski definition) is 1. The minimum Gasteiger partial charge on any atom is -0.385 e. The Labute approximate surface area is 120 Å². The summed E-state index contributed by atoms with van der Waals surface area (Å²) in [6, 6.07) is 4.16. The third-order valence-electron chi connectivity index (χ3n) is 2.69. The highest BCUT2D eigenvalue weighted by atomic mass is 79.9. The quantitative estimate of drug-likeness (QED) is 0.503. The predicted octanol–water partition coefficient (Wildman–Crippen LogP) is 5.63. The van der Waals surface area contributed by atoms with Gasteiger partial charge in [-0.3, -0.25) is 0 Å². The van der Waals surface area contributed by atoms with Crippen LogP contribution in [-0.2, 0) is 6.18 Å². The van der Waals surface area contributed by atoms with Crippen LogP contribution in [0.3, 0.4) is 0 Å². The fourth-order valence-corrected chi connectivity index (χ4v) is 2.08. The molecule has 0 aromatic heterocycles. The standard InChI is InChI=1S/C14H17BrF3N/c1-2-3-4-5-6-9-19-13-8-7-11(15)10-12(13)14(16,17)18/h2,7-8,10,19H,1,3-6,9H2. The van der Waals surface area contributed by atoms with Crippen LogP contribution in [0.4, 0.5) is 18.9 Å². The monoisotopic (exact) mass is 335 g/mol. The summed E-state index contributed by atoms with van der Waals surface area (Å²) < 4.78 is 38.9. The molecule has 1 N–H and O–H groups in total. The number of halogens is 4. The summed E-state index contributed by atoms with van der Waals surface area (Å²) in [6.45, 7) is 4.17. The summed E-state index contributed by atoms with van der Waals surface area (Å²) in [7, 11) is 0. The molecule has 0 aliphatic heterocycles. The molecule has 0 spiro atoms. The Morgan fingerprint density at radius 3 is 2.58 bits per heavy atom. The van der Waals surface area contributed by atoms with Gasteiger partial charge in [-0.2, -0.15) is 13.2 Å². The number of nitrogens with one attached hydrogen (secondary N) is 1. The van der Waals surface area contributed by atoms with Gasteiger partial charge in [0.25, 0.3) is 0 Å². The number of rotatable bonds is 7. The van der Waals surface area contributed by atoms with Gasteiger partial charge in [-0.1, -0.05) is 28.4 Å². The van der Waals surface area contributed by atoms with Crippen LogP contribution in [0.25, 0.3) is 0 Å². The molecule has 1 aromatic carbocycles. The first-order valence-electron chi connectivity index (χ1n) is 6.16. The lowest BCUT2D eigenvalue weighted by atomic mass is 10.1. The van der Waals surface area contributed by atoms with Gasteiger partial charge in [0.15, 0.2) is 0 Å². The second kappa shape index (κ2) is 7.58. The third-order valence-corrected chi connectivity index (χ3v) is 3.18. The first-order valence-corrected chi connectivity index (χ1v) is 6.96. The van der Waals surface area contributed by atoms with Crippen molar-refractivity contribution in [3.05, 3.63) is 40.9 Å². The Kier molecular flexibility index (Phi) is 6.42. The molecular weight excluding hydrogens is 319 g/mol. The number of benzene rings is 1. The molecule has 0 bridgehead atoms. The van der Waals surface area contributed by atoms with E-state index in [1.165, 1.54) is 6.07 Å². The molecule has 0 radical (unpaired) electrons. The maximum atomic E-state index is 12.8. The number of unbranched alkanes of at least 4 members (excludes halogenated alkanes) is 3. The second-order valence-corrected chi connectivity index (χ2v) is 5.17. The fraction of sp³-hybridized carbons (Fsp3) is 0.429. The number of allylic oxidation sites excluding steroid dienone is 1. The highest BCUT2D eigenvalue weighted by Gasteiger charge is 2.33. The highest BCUT2D eigenvalue weighted by Crippen LogP contribution is 2.36. The maximum absolute atomic E-state index is 12.8. The van der Waals surface area contributed by atoms with Crippen molar-refractivity contribution in [1.82, 2.24) is 0 Å². The molecule has 19 heavy (non-hydrogen) atoms. The third kappa shape index (κ3) is 5.68. The average molecular weight is 336 g/mol. The Hall–Kier alpha value is -0.970. The molecule has 0 saturated carbocycles. The summed E-state index contributed by atoms with van der Waals surface area (Å²) in [5.74, 6) is 0. The second-order valence-electron chi connectivity index (χ2n) is 4.25. The summed E-state index contributed by atoms with van der Waals surface area (Å²) in [5, 5.41) is 2.86. The largest absolute Gasteiger partial charge is 0.418 e. The zero-order chi connectivity index (χ0) is 14.3. The van der Waals surface area contributed by atoms with Crippen LogP contribution in [0.5, 0.6) is 0 Å². The van der Waals surface area contributed by atoms with E-state index in [-0.39, 0.29) is 5.69 Å². The van der Waals surface area contributed by atoms with Crippen LogP contribution in [0.1, 0.15) is 31.2 Å². The van der Waals surface area contributed by atoms with Crippen molar-refractivity contribution in [3.8, 4) is 0 Å². The van der Waals surface area contributed by atoms with Crippen molar-refractivity contribution in [2.45, 2.75) is 31.9 Å². The van der Waals surface area contributed by atoms with E-state index < -0.39 is 11.7 Å². The minimum absolute atomic E-state index is 0.138. The zero-order valence-electron chi connectivity index (χ0n) is 10.6. The SMILES string of the molecule is C=CCCCCCNc1ccc(Br)cc1C(F)(F)F. The molecule has 1 aromatic rings. The van der Waals surface area contributed by atoms with Crippen molar-refractivity contribution >= 4 is 21.6 Å². The first-order chi connectivity index (χ1) is 8.95. The van der Waals surface area contributed by atoms with Crippen molar-refractivity contribution in [3.63, 3.8) is 0 Å². The molecule has 0 aliphatic rings. The van der Waals surface area contributed by atoms with Crippen molar-refractivity contribution < 1.29 is 13.2 Å². The van der Waals surface area contributed by atoms with Crippen molar-refractivity contribution in [2.75, 3.05) is 11.9 Å². The molecule has 0 unspecified atom stereocenters. The van der Waals surface area contributed by atoms with Crippen LogP contribution < -0.4 is 5.32 Å². The lowest BCUT2D eigenvalue weighted by Gasteiger charge is -2.15. The lowest BCUT2D eigenvalue weighted by molar-refractivity contribution is -0.137. The van der Waals surface area contributed by atoms with Crippen LogP contribution >= 0.6 is 15.9 Å². The highest BCUT2D eigenvalue weighted by molar-refractivity contribution is 9.10. The van der Waals surface area contributed by atoms with Crippen LogP contribution in [0, 0.1) is 0 Å². The molecule has 0 aliphatic carbocycles. The Balaban J connectivity index is 2.56. The van der Waals surface area contributed by atoms with Crippen LogP contribution in [-0.4, -0.2) is 6.54 Å². The van der Waals surface area contributed by atoms with Gasteiger partial charge in [0, 0.05) is 16.7 Å². The number of hydrogen-bond acceptors (Lipinski definition) is 1. The molecule has 106 valence electrons. The van der Waals surface area contributed by atoms with E-state index in [0.717, 1.165) is 31.7 Å². The van der Waals surface area contributed by atoms with Gasteiger partial charge in [-0.25, -0.2) is 0 Å². The van der Waals surface area contributed by atoms with E-state index in [1.807, 2.05) is 6.08 Å². The lowest BCUT2D eigenvalue weighted by Crippen LogP contribution is -2.11. The van der Waals surface area contributed by atoms with Gasteiger partial charge < -0.3 is 5.32 Å². The van der Waals surface area contributed by atoms with Gasteiger partial charge in [-0.05, 0) is 37.5 Å². The molecule has 0 amide bonds. The van der Waals surface area contributed by atoms with Gasteiger partial charge >= 0.3 is 6.18 Å². The van der Waals surface area contributed by atoms with Crippen molar-refractivity contribution in [2.24, 2.45) is 0 Å². The summed E-state index contributed by atoms with van der Waals surface area (Å²) in [5.41, 5.74) is -0.493. The van der Waals surface area contributed by atoms with Gasteiger partial charge in [0.2, 0.25) is 0 Å². The number of alkyl halides is 3. The molecule has 0 atom stereocenters. The van der Waals surface area contributed by atoms with E-state index in [4.69, 9.17) is 0 Å². The van der Waals surface area contributed by atoms with E-state index in [1.54, 1.807) is 6.07 Å². The minimum atomic E-state index is -4.34. The van der Waals surface area contributed by atoms with Gasteiger partial charge in [0.05, 0.1) is 5.56 Å². The molecule has 0 saturated heterocycles. The van der Waals surface area contributed by atoms with E-state index in [9.17, 15) is 13.2 Å². The van der Waals surface area contributed by atoms with E-state index in [2.05, 4.69) is 27.8 Å². The molecule has 0 heterocycles. The molecule has 1 rings (SSSR count). The van der Waals surface area contributed by atoms with Gasteiger partial charge in [0.1, 0.15) is 0 Å². The Morgan fingerprint density at radius 1 is 1.21 bits per heavy atom. The molecule has 1 nitrogen and oxygen atoms in total. The maximum Gasteiger partial charge on any atom is 0.418 e. The molecule has 0 fully saturated rings. The van der Waals surface area contributed by atoms with Gasteiger partial charge in [-0.15, -0.1) is 6.58 Å². The summed E-state index contributed by atoms with van der Waals surface area (Å²) >= 11 is 3.06. The Bertz CT molecular complexity index is 416. The zero-order valence-corrected chi connectivity index (χ0v) is 12.1. The van der Waals surface area contributed by atoms with Crippen LogP contribution in [0.2, 0.25) is 0 Å². The molecule has 5 heteroatoms.